The topological polar surface area (TPSA) is 25.8 Å². The Bertz CT molecular complexity index is 2200. The SMILES string of the molecule is Cc1c(-c2ccccc2)nc(-c2ccccc2)nc1-c1ccc(-c2ccc(-c3cccc4c3C(C)(C)c3ccccc3-4)cc2)cc1. The fourth-order valence-corrected chi connectivity index (χ4v) is 7.14. The third-order valence-electron chi connectivity index (χ3n) is 9.49. The molecule has 8 rings (SSSR count). The second kappa shape index (κ2) is 11.1. The van der Waals surface area contributed by atoms with Crippen LogP contribution in [0.4, 0.5) is 0 Å². The molecule has 0 fully saturated rings. The molecule has 1 aromatic heterocycles. The van der Waals surface area contributed by atoms with Crippen LogP contribution >= 0.6 is 0 Å². The van der Waals surface area contributed by atoms with Gasteiger partial charge in [0.25, 0.3) is 0 Å². The summed E-state index contributed by atoms with van der Waals surface area (Å²) in [5.74, 6) is 0.735. The van der Waals surface area contributed by atoms with E-state index in [4.69, 9.17) is 9.97 Å². The van der Waals surface area contributed by atoms with Gasteiger partial charge in [-0.15, -0.1) is 0 Å². The molecule has 0 saturated heterocycles. The zero-order chi connectivity index (χ0) is 31.3. The summed E-state index contributed by atoms with van der Waals surface area (Å²) >= 11 is 0. The van der Waals surface area contributed by atoms with Crippen molar-refractivity contribution in [3.63, 3.8) is 0 Å². The molecule has 0 N–H and O–H groups in total. The van der Waals surface area contributed by atoms with Crippen LogP contribution in [0.1, 0.15) is 30.5 Å². The highest BCUT2D eigenvalue weighted by molar-refractivity contribution is 5.88. The van der Waals surface area contributed by atoms with Crippen LogP contribution in [-0.4, -0.2) is 9.97 Å². The summed E-state index contributed by atoms with van der Waals surface area (Å²) in [7, 11) is 0. The van der Waals surface area contributed by atoms with E-state index in [2.05, 4.69) is 148 Å². The van der Waals surface area contributed by atoms with Crippen LogP contribution in [0.3, 0.4) is 0 Å². The van der Waals surface area contributed by atoms with Gasteiger partial charge in [0.05, 0.1) is 11.4 Å². The van der Waals surface area contributed by atoms with Crippen molar-refractivity contribution in [1.29, 1.82) is 0 Å². The van der Waals surface area contributed by atoms with E-state index < -0.39 is 0 Å². The van der Waals surface area contributed by atoms with Gasteiger partial charge in [-0.3, -0.25) is 0 Å². The molecule has 0 aliphatic heterocycles. The smallest absolute Gasteiger partial charge is 0.160 e. The second-order valence-electron chi connectivity index (χ2n) is 12.7. The minimum absolute atomic E-state index is 0.0447. The number of benzene rings is 6. The number of aromatic nitrogens is 2. The summed E-state index contributed by atoms with van der Waals surface area (Å²) in [6.07, 6.45) is 0. The van der Waals surface area contributed by atoms with E-state index in [0.717, 1.165) is 39.5 Å². The highest BCUT2D eigenvalue weighted by atomic mass is 14.9. The average molecular weight is 591 g/mol. The van der Waals surface area contributed by atoms with Crippen LogP contribution in [0.25, 0.3) is 67.3 Å². The molecule has 7 aromatic rings. The molecule has 6 aromatic carbocycles. The lowest BCUT2D eigenvalue weighted by Crippen LogP contribution is -2.16. The molecule has 0 bridgehead atoms. The maximum Gasteiger partial charge on any atom is 0.160 e. The summed E-state index contributed by atoms with van der Waals surface area (Å²) in [5, 5.41) is 0. The molecule has 1 aliphatic rings. The molecule has 0 atom stereocenters. The third-order valence-corrected chi connectivity index (χ3v) is 9.49. The summed E-state index contributed by atoms with van der Waals surface area (Å²) in [4.78, 5) is 10.1. The fraction of sp³-hybridized carbons (Fsp3) is 0.0909. The second-order valence-corrected chi connectivity index (χ2v) is 12.7. The molecular weight excluding hydrogens is 556 g/mol. The van der Waals surface area contributed by atoms with Crippen LogP contribution in [0.2, 0.25) is 0 Å². The van der Waals surface area contributed by atoms with Crippen LogP contribution in [0, 0.1) is 6.92 Å². The van der Waals surface area contributed by atoms with E-state index in [-0.39, 0.29) is 5.41 Å². The number of hydrogen-bond acceptors (Lipinski definition) is 2. The minimum atomic E-state index is -0.0447. The highest BCUT2D eigenvalue weighted by Gasteiger charge is 2.37. The van der Waals surface area contributed by atoms with Gasteiger partial charge in [0, 0.05) is 27.7 Å². The predicted octanol–water partition coefficient (Wildman–Crippen LogP) is 11.4. The van der Waals surface area contributed by atoms with Gasteiger partial charge in [0.1, 0.15) is 0 Å². The van der Waals surface area contributed by atoms with E-state index in [1.54, 1.807) is 0 Å². The molecule has 0 spiro atoms. The quantitative estimate of drug-likeness (QED) is 0.199. The van der Waals surface area contributed by atoms with Crippen molar-refractivity contribution in [3.05, 3.63) is 168 Å². The van der Waals surface area contributed by atoms with E-state index in [0.29, 0.717) is 0 Å². The van der Waals surface area contributed by atoms with Gasteiger partial charge in [-0.2, -0.15) is 0 Å². The Hall–Kier alpha value is -5.60. The minimum Gasteiger partial charge on any atom is -0.228 e. The van der Waals surface area contributed by atoms with Crippen molar-refractivity contribution in [2.24, 2.45) is 0 Å². The number of nitrogens with zero attached hydrogens (tertiary/aromatic N) is 2. The lowest BCUT2D eigenvalue weighted by molar-refractivity contribution is 0.662. The molecule has 2 heteroatoms. The van der Waals surface area contributed by atoms with Gasteiger partial charge in [0.2, 0.25) is 0 Å². The summed E-state index contributed by atoms with van der Waals surface area (Å²) in [6.45, 7) is 6.82. The summed E-state index contributed by atoms with van der Waals surface area (Å²) < 4.78 is 0. The van der Waals surface area contributed by atoms with E-state index in [9.17, 15) is 0 Å². The zero-order valence-corrected chi connectivity index (χ0v) is 26.3. The maximum atomic E-state index is 5.09. The van der Waals surface area contributed by atoms with Crippen molar-refractivity contribution in [2.75, 3.05) is 0 Å². The van der Waals surface area contributed by atoms with Crippen molar-refractivity contribution < 1.29 is 0 Å². The lowest BCUT2D eigenvalue weighted by atomic mass is 9.79. The first kappa shape index (κ1) is 27.9. The molecule has 1 aliphatic carbocycles. The average Bonchev–Trinajstić information content (AvgIpc) is 3.36. The Morgan fingerprint density at radius 3 is 1.48 bits per heavy atom. The predicted molar refractivity (Wildman–Crippen MR) is 192 cm³/mol. The number of fused-ring (bicyclic) bond motifs is 3. The Morgan fingerprint density at radius 1 is 0.391 bits per heavy atom. The van der Waals surface area contributed by atoms with E-state index in [1.165, 1.54) is 44.5 Å². The van der Waals surface area contributed by atoms with Gasteiger partial charge in [-0.25, -0.2) is 9.97 Å². The zero-order valence-electron chi connectivity index (χ0n) is 26.3. The first-order valence-corrected chi connectivity index (χ1v) is 15.9. The summed E-state index contributed by atoms with van der Waals surface area (Å²) in [6, 6.07) is 54.0. The van der Waals surface area contributed by atoms with Crippen LogP contribution in [-0.2, 0) is 5.41 Å². The van der Waals surface area contributed by atoms with E-state index in [1.807, 2.05) is 24.3 Å². The van der Waals surface area contributed by atoms with Crippen LogP contribution < -0.4 is 0 Å². The standard InChI is InChI=1S/C44H34N2/c1-29-41(33-13-6-4-7-14-33)45-43(35-15-8-5-9-16-35)46-42(29)34-27-23-31(24-28-34)30-21-25-32(26-22-30)36-18-12-19-38-37-17-10-11-20-39(37)44(2,3)40(36)38/h4-28H,1-3H3. The van der Waals surface area contributed by atoms with Crippen molar-refractivity contribution in [1.82, 2.24) is 9.97 Å². The molecule has 0 amide bonds. The van der Waals surface area contributed by atoms with Crippen molar-refractivity contribution in [3.8, 4) is 67.3 Å². The Balaban J connectivity index is 1.14. The Morgan fingerprint density at radius 2 is 0.848 bits per heavy atom. The lowest BCUT2D eigenvalue weighted by Gasteiger charge is -2.24. The number of rotatable bonds is 5. The monoisotopic (exact) mass is 590 g/mol. The van der Waals surface area contributed by atoms with Gasteiger partial charge in [0.15, 0.2) is 5.82 Å². The molecule has 0 saturated carbocycles. The largest absolute Gasteiger partial charge is 0.228 e. The Kier molecular flexibility index (Phi) is 6.73. The molecule has 220 valence electrons. The van der Waals surface area contributed by atoms with Crippen LogP contribution in [0.15, 0.2) is 152 Å². The molecule has 2 nitrogen and oxygen atoms in total. The number of hydrogen-bond donors (Lipinski definition) is 0. The molecule has 1 heterocycles. The van der Waals surface area contributed by atoms with Crippen molar-refractivity contribution in [2.45, 2.75) is 26.2 Å². The normalized spacial score (nSPS) is 12.8. The first-order chi connectivity index (χ1) is 22.5. The first-order valence-electron chi connectivity index (χ1n) is 15.9. The third kappa shape index (κ3) is 4.66. The van der Waals surface area contributed by atoms with Gasteiger partial charge in [-0.1, -0.05) is 166 Å². The Labute approximate surface area is 271 Å². The maximum absolute atomic E-state index is 5.09. The molecule has 0 radical (unpaired) electrons. The van der Waals surface area contributed by atoms with Gasteiger partial charge >= 0.3 is 0 Å². The summed E-state index contributed by atoms with van der Waals surface area (Å²) in [5.41, 5.74) is 16.6. The van der Waals surface area contributed by atoms with Crippen molar-refractivity contribution >= 4 is 0 Å². The van der Waals surface area contributed by atoms with Gasteiger partial charge in [-0.05, 0) is 51.4 Å². The molecule has 0 unspecified atom stereocenters. The fourth-order valence-electron chi connectivity index (χ4n) is 7.14. The van der Waals surface area contributed by atoms with E-state index >= 15 is 0 Å². The van der Waals surface area contributed by atoms with Gasteiger partial charge < -0.3 is 0 Å². The highest BCUT2D eigenvalue weighted by Crippen LogP contribution is 2.52. The molecule has 46 heavy (non-hydrogen) atoms. The molecular formula is C44H34N2. The van der Waals surface area contributed by atoms with Crippen LogP contribution in [0.5, 0.6) is 0 Å².